The van der Waals surface area contributed by atoms with E-state index in [1.165, 1.54) is 67.3 Å². The van der Waals surface area contributed by atoms with Gasteiger partial charge in [-0.3, -0.25) is 0 Å². The Labute approximate surface area is 573 Å². The Balaban J connectivity index is 0.853. The van der Waals surface area contributed by atoms with Crippen molar-refractivity contribution in [3.8, 4) is 67.8 Å². The molecule has 4 heterocycles. The van der Waals surface area contributed by atoms with E-state index in [1.807, 2.05) is 48.5 Å². The van der Waals surface area contributed by atoms with E-state index in [1.54, 1.807) is 24.8 Å². The third kappa shape index (κ3) is 11.4. The van der Waals surface area contributed by atoms with Crippen LogP contribution in [0.5, 0.6) is 0 Å². The number of aromatic carboxylic acids is 8. The molecular formula is C74H52N12O16. The maximum atomic E-state index is 12.1. The highest BCUT2D eigenvalue weighted by atomic mass is 16.4. The quantitative estimate of drug-likeness (QED) is 0.0351. The lowest BCUT2D eigenvalue weighted by molar-refractivity contribution is -0.0691. The fraction of sp³-hybridized carbons (Fsp3) is 0.135. The van der Waals surface area contributed by atoms with Crippen LogP contribution in [0.25, 0.3) is 67.8 Å². The van der Waals surface area contributed by atoms with Crippen LogP contribution in [0.2, 0.25) is 0 Å². The highest BCUT2D eigenvalue weighted by Gasteiger charge is 2.69. The maximum absolute atomic E-state index is 12.1. The maximum Gasteiger partial charge on any atom is 0.335 e. The van der Waals surface area contributed by atoms with Crippen LogP contribution in [0.4, 0.5) is 0 Å². The molecule has 4 aliphatic rings. The average Bonchev–Trinajstić information content (AvgIpc) is 0.757. The van der Waals surface area contributed by atoms with Crippen molar-refractivity contribution < 1.29 is 79.2 Å². The van der Waals surface area contributed by atoms with Gasteiger partial charge in [0.15, 0.2) is 0 Å². The molecule has 28 nitrogen and oxygen atoms in total. The van der Waals surface area contributed by atoms with E-state index in [-0.39, 0.29) is 67.3 Å². The number of benzene rings is 8. The van der Waals surface area contributed by atoms with E-state index >= 15 is 0 Å². The third-order valence-corrected chi connectivity index (χ3v) is 19.9. The normalized spacial score (nSPS) is 18.7. The molecule has 12 aromatic rings. The number of nitrogens with zero attached hydrogens (tertiary/aromatic N) is 12. The fourth-order valence-electron chi connectivity index (χ4n) is 15.9. The van der Waals surface area contributed by atoms with Crippen LogP contribution in [-0.2, 0) is 21.7 Å². The summed E-state index contributed by atoms with van der Waals surface area (Å²) < 4.78 is 5.27. The lowest BCUT2D eigenvalue weighted by Crippen LogP contribution is -2.67. The summed E-state index contributed by atoms with van der Waals surface area (Å²) in [6, 6.07) is 47.1. The van der Waals surface area contributed by atoms with Gasteiger partial charge < -0.3 is 40.9 Å². The van der Waals surface area contributed by atoms with Crippen molar-refractivity contribution in [2.75, 3.05) is 0 Å². The number of hydrogen-bond acceptors (Lipinski definition) is 16. The van der Waals surface area contributed by atoms with Crippen molar-refractivity contribution in [1.29, 1.82) is 0 Å². The summed E-state index contributed by atoms with van der Waals surface area (Å²) in [4.78, 5) is 96.6. The molecule has 0 amide bonds. The molecule has 4 bridgehead atoms. The molecule has 8 N–H and O–H groups in total. The van der Waals surface area contributed by atoms with Crippen LogP contribution in [0.1, 0.15) is 144 Å². The van der Waals surface area contributed by atoms with E-state index < -0.39 is 69.4 Å². The van der Waals surface area contributed by atoms with Crippen LogP contribution < -0.4 is 0 Å². The van der Waals surface area contributed by atoms with Crippen molar-refractivity contribution in [1.82, 2.24) is 60.0 Å². The minimum atomic E-state index is -1.32. The molecule has 8 aromatic carbocycles. The van der Waals surface area contributed by atoms with Gasteiger partial charge in [0.1, 0.15) is 22.8 Å². The molecule has 0 aliphatic heterocycles. The Kier molecular flexibility index (Phi) is 15.1. The van der Waals surface area contributed by atoms with E-state index in [0.29, 0.717) is 83.6 Å². The van der Waals surface area contributed by atoms with E-state index in [4.69, 9.17) is 0 Å². The second-order valence-corrected chi connectivity index (χ2v) is 26.2. The predicted octanol–water partition coefficient (Wildman–Crippen LogP) is 10.7. The monoisotopic (exact) mass is 1360 g/mol. The van der Waals surface area contributed by atoms with E-state index in [2.05, 4.69) is 89.8 Å². The Morgan fingerprint density at radius 1 is 0.245 bits per heavy atom. The molecule has 102 heavy (non-hydrogen) atoms. The molecule has 4 saturated carbocycles. The second-order valence-electron chi connectivity index (χ2n) is 26.2. The first-order valence-corrected chi connectivity index (χ1v) is 31.5. The number of carbonyl (C=O) groups is 8. The van der Waals surface area contributed by atoms with Crippen LogP contribution >= 0.6 is 0 Å². The number of carboxylic acids is 8. The summed E-state index contributed by atoms with van der Waals surface area (Å²) in [5.74, 6) is -10.6. The summed E-state index contributed by atoms with van der Waals surface area (Å²) in [6.45, 7) is 0. The van der Waals surface area contributed by atoms with Crippen molar-refractivity contribution >= 4 is 47.8 Å². The van der Waals surface area contributed by atoms with Gasteiger partial charge in [-0.15, -0.1) is 20.4 Å². The van der Waals surface area contributed by atoms with Crippen LogP contribution in [0.3, 0.4) is 0 Å². The largest absolute Gasteiger partial charge is 0.478 e. The molecule has 16 rings (SSSR count). The predicted molar refractivity (Wildman–Crippen MR) is 357 cm³/mol. The standard InChI is InChI=1S/C74H52N12O16/c87-63(88)43-17-44(64(89)90)22-55(21-43)83-29-59(75-79-83)39-1-9-51(10-2-39)71-33-72(52-11-3-40(4-12-52)60-30-84(80-76-60)56-23-45(65(91)92)18-46(24-56)66(93)94)36-73(34-71,53-13-5-41(6-14-53)61-31-85(81-77-61)57-25-47(67(95)96)19-48(26-57)68(97)98)38-74(35-71,37-72)54-15-7-42(8-16-54)62-32-86(82-78-62)58-27-49(69(99)100)20-50(28-58)70(101)102/h1-32H,33-38H2,(H,87,88)(H,89,90)(H,91,92)(H,93,94)(H,95,96)(H,97,98)(H,99,100)(H,101,102). The van der Waals surface area contributed by atoms with Gasteiger partial charge in [0, 0.05) is 22.3 Å². The smallest absolute Gasteiger partial charge is 0.335 e. The molecule has 0 unspecified atom stereocenters. The Hall–Kier alpha value is -13.9. The summed E-state index contributed by atoms with van der Waals surface area (Å²) in [6.07, 6.45) is 10.4. The van der Waals surface area contributed by atoms with E-state index in [0.717, 1.165) is 46.5 Å². The van der Waals surface area contributed by atoms with E-state index in [9.17, 15) is 79.2 Å². The zero-order valence-electron chi connectivity index (χ0n) is 52.9. The van der Waals surface area contributed by atoms with Gasteiger partial charge >= 0.3 is 47.8 Å². The molecule has 28 heteroatoms. The molecule has 4 aliphatic carbocycles. The van der Waals surface area contributed by atoms with Gasteiger partial charge in [-0.1, -0.05) is 118 Å². The van der Waals surface area contributed by atoms with Crippen molar-refractivity contribution in [3.63, 3.8) is 0 Å². The summed E-state index contributed by atoms with van der Waals surface area (Å²) in [5.41, 5.74) is 4.82. The average molecular weight is 1370 g/mol. The van der Waals surface area contributed by atoms with Crippen molar-refractivity contribution in [2.24, 2.45) is 0 Å². The first-order valence-electron chi connectivity index (χ1n) is 31.5. The first-order chi connectivity index (χ1) is 48.8. The molecule has 0 radical (unpaired) electrons. The Morgan fingerprint density at radius 3 is 0.549 bits per heavy atom. The summed E-state index contributed by atoms with van der Waals surface area (Å²) >= 11 is 0. The zero-order valence-corrected chi connectivity index (χ0v) is 52.9. The highest BCUT2D eigenvalue weighted by Crippen LogP contribution is 2.75. The number of rotatable bonds is 20. The zero-order chi connectivity index (χ0) is 71.3. The summed E-state index contributed by atoms with van der Waals surface area (Å²) in [5, 5.41) is 114. The number of carboxylic acid groups (broad SMARTS) is 8. The Bertz CT molecular complexity index is 4700. The van der Waals surface area contributed by atoms with Gasteiger partial charge in [-0.05, 0) is 155 Å². The second kappa shape index (κ2) is 24.0. The highest BCUT2D eigenvalue weighted by molar-refractivity contribution is 5.97. The fourth-order valence-corrected chi connectivity index (χ4v) is 15.9. The molecule has 4 aromatic heterocycles. The summed E-state index contributed by atoms with van der Waals surface area (Å²) in [7, 11) is 0. The van der Waals surface area contributed by atoms with Crippen molar-refractivity contribution in [2.45, 2.75) is 60.2 Å². The van der Waals surface area contributed by atoms with Gasteiger partial charge in [0.2, 0.25) is 0 Å². The third-order valence-electron chi connectivity index (χ3n) is 19.9. The SMILES string of the molecule is O=C(O)c1cc(C(=O)O)cc(-n2cc(-c3ccc(C45CC6(c7ccc(-c8cn(-c9cc(C(=O)O)cc(C(=O)O)c9)nn8)cc7)CC(c7ccc(-c8cn(-c9cc(C(=O)O)cc(C(=O)O)c9)nn8)cc7)(C4)CC(c4ccc(-c7cn(-c8cc(C(=O)O)cc(C(=O)O)c8)nn7)cc4)(C5)C6)cc3)nn2)c1. The van der Waals surface area contributed by atoms with Crippen LogP contribution in [-0.4, -0.2) is 149 Å². The van der Waals surface area contributed by atoms with Crippen LogP contribution in [0, 0.1) is 0 Å². The number of hydrogen-bond donors (Lipinski definition) is 8. The first kappa shape index (κ1) is 64.1. The molecule has 504 valence electrons. The Morgan fingerprint density at radius 2 is 0.402 bits per heavy atom. The van der Waals surface area contributed by atoms with Gasteiger partial charge in [-0.2, -0.15) is 0 Å². The lowest BCUT2D eigenvalue weighted by Gasteiger charge is -2.71. The molecule has 0 atom stereocenters. The lowest BCUT2D eigenvalue weighted by atomic mass is 9.32. The molecule has 4 fully saturated rings. The minimum absolute atomic E-state index is 0.174. The van der Waals surface area contributed by atoms with Crippen LogP contribution in [0.15, 0.2) is 195 Å². The topological polar surface area (TPSA) is 421 Å². The van der Waals surface area contributed by atoms with Gasteiger partial charge in [0.05, 0.1) is 92.0 Å². The van der Waals surface area contributed by atoms with Gasteiger partial charge in [0.25, 0.3) is 0 Å². The molecule has 0 spiro atoms. The van der Waals surface area contributed by atoms with Crippen molar-refractivity contribution in [3.05, 3.63) is 261 Å². The number of aromatic nitrogens is 12. The minimum Gasteiger partial charge on any atom is -0.478 e. The molecule has 0 saturated heterocycles. The molecular weight excluding hydrogens is 1310 g/mol. The van der Waals surface area contributed by atoms with Gasteiger partial charge in [-0.25, -0.2) is 57.1 Å².